The van der Waals surface area contributed by atoms with Crippen LogP contribution in [-0.4, -0.2) is 60.0 Å². The van der Waals surface area contributed by atoms with Gasteiger partial charge in [-0.2, -0.15) is 0 Å². The van der Waals surface area contributed by atoms with Crippen LogP contribution < -0.4 is 9.80 Å². The number of nitrogens with zero attached hydrogens (tertiary/aromatic N) is 5. The number of hydrogen-bond acceptors (Lipinski definition) is 5. The molecule has 0 N–H and O–H groups in total. The van der Waals surface area contributed by atoms with Gasteiger partial charge in [-0.15, -0.1) is 0 Å². The summed E-state index contributed by atoms with van der Waals surface area (Å²) in [5.41, 5.74) is 0. The van der Waals surface area contributed by atoms with Crippen LogP contribution in [-0.2, 0) is 4.79 Å². The lowest BCUT2D eigenvalue weighted by atomic mass is 10.1. The molecule has 0 spiro atoms. The molecular weight excluding hydrogens is 302 g/mol. The van der Waals surface area contributed by atoms with E-state index in [0.717, 1.165) is 63.7 Å². The van der Waals surface area contributed by atoms with E-state index in [9.17, 15) is 4.79 Å². The molecule has 1 aromatic rings. The highest BCUT2D eigenvalue weighted by atomic mass is 16.2. The van der Waals surface area contributed by atoms with Gasteiger partial charge in [-0.3, -0.25) is 4.79 Å². The molecule has 4 rings (SSSR count). The van der Waals surface area contributed by atoms with Crippen molar-refractivity contribution in [2.75, 3.05) is 49.1 Å². The number of aromatic nitrogens is 2. The van der Waals surface area contributed by atoms with Crippen LogP contribution in [0.1, 0.15) is 38.5 Å². The Labute approximate surface area is 143 Å². The van der Waals surface area contributed by atoms with Crippen molar-refractivity contribution in [3.8, 4) is 0 Å². The molecule has 0 bridgehead atoms. The van der Waals surface area contributed by atoms with E-state index in [1.807, 2.05) is 0 Å². The van der Waals surface area contributed by atoms with Crippen LogP contribution in [0.3, 0.4) is 0 Å². The summed E-state index contributed by atoms with van der Waals surface area (Å²) in [4.78, 5) is 28.1. The molecule has 2 aliphatic heterocycles. The molecule has 3 fully saturated rings. The second-order valence-corrected chi connectivity index (χ2v) is 7.22. The molecule has 1 saturated carbocycles. The molecule has 1 aromatic heterocycles. The zero-order valence-electron chi connectivity index (χ0n) is 14.4. The third-order valence-corrected chi connectivity index (χ3v) is 5.69. The molecule has 6 heteroatoms. The first kappa shape index (κ1) is 15.7. The van der Waals surface area contributed by atoms with Crippen molar-refractivity contribution in [2.24, 2.45) is 5.92 Å². The van der Waals surface area contributed by atoms with Crippen LogP contribution in [0.4, 0.5) is 11.6 Å². The van der Waals surface area contributed by atoms with Crippen molar-refractivity contribution in [3.05, 3.63) is 12.4 Å². The van der Waals surface area contributed by atoms with Gasteiger partial charge in [0.2, 0.25) is 5.91 Å². The largest absolute Gasteiger partial charge is 0.356 e. The van der Waals surface area contributed by atoms with E-state index in [1.165, 1.54) is 25.7 Å². The lowest BCUT2D eigenvalue weighted by Gasteiger charge is -2.36. The van der Waals surface area contributed by atoms with E-state index in [4.69, 9.17) is 0 Å². The second kappa shape index (κ2) is 6.95. The molecule has 6 nitrogen and oxygen atoms in total. The van der Waals surface area contributed by atoms with E-state index < -0.39 is 0 Å². The Hall–Kier alpha value is -1.85. The van der Waals surface area contributed by atoms with E-state index in [2.05, 4.69) is 30.7 Å². The van der Waals surface area contributed by atoms with Crippen molar-refractivity contribution in [2.45, 2.75) is 38.5 Å². The van der Waals surface area contributed by atoms with Crippen molar-refractivity contribution in [3.63, 3.8) is 0 Å². The quantitative estimate of drug-likeness (QED) is 0.848. The van der Waals surface area contributed by atoms with Gasteiger partial charge < -0.3 is 14.7 Å². The summed E-state index contributed by atoms with van der Waals surface area (Å²) in [5, 5.41) is 0. The maximum atomic E-state index is 12.5. The number of rotatable bonds is 3. The van der Waals surface area contributed by atoms with Crippen LogP contribution in [0, 0.1) is 5.92 Å². The molecule has 3 aliphatic rings. The number of carbonyl (C=O) groups is 1. The molecule has 130 valence electrons. The Bertz CT molecular complexity index is 573. The smallest absolute Gasteiger partial charge is 0.225 e. The molecule has 0 radical (unpaired) electrons. The van der Waals surface area contributed by atoms with Gasteiger partial charge in [0.15, 0.2) is 0 Å². The standard InChI is InChI=1S/C18H27N5O/c24-18(15-5-1-2-6-15)23-11-9-22(10-12-23)17-13-16(19-14-20-17)21-7-3-4-8-21/h13-15H,1-12H2. The fraction of sp³-hybridized carbons (Fsp3) is 0.722. The Morgan fingerprint density at radius 2 is 1.42 bits per heavy atom. The summed E-state index contributed by atoms with van der Waals surface area (Å²) in [6, 6.07) is 2.11. The van der Waals surface area contributed by atoms with Crippen LogP contribution in [0.2, 0.25) is 0 Å². The van der Waals surface area contributed by atoms with Crippen LogP contribution in [0.25, 0.3) is 0 Å². The summed E-state index contributed by atoms with van der Waals surface area (Å²) in [7, 11) is 0. The van der Waals surface area contributed by atoms with E-state index in [0.29, 0.717) is 5.91 Å². The van der Waals surface area contributed by atoms with Gasteiger partial charge in [0.25, 0.3) is 0 Å². The molecule has 3 heterocycles. The average Bonchev–Trinajstić information content (AvgIpc) is 3.35. The van der Waals surface area contributed by atoms with Crippen LogP contribution >= 0.6 is 0 Å². The molecule has 0 unspecified atom stereocenters. The lowest BCUT2D eigenvalue weighted by Crippen LogP contribution is -2.50. The van der Waals surface area contributed by atoms with Gasteiger partial charge in [0.05, 0.1) is 0 Å². The predicted molar refractivity (Wildman–Crippen MR) is 94.2 cm³/mol. The summed E-state index contributed by atoms with van der Waals surface area (Å²) in [6.07, 6.45) is 8.79. The number of hydrogen-bond donors (Lipinski definition) is 0. The van der Waals surface area contributed by atoms with Gasteiger partial charge >= 0.3 is 0 Å². The Kier molecular flexibility index (Phi) is 4.54. The first-order chi connectivity index (χ1) is 11.8. The second-order valence-electron chi connectivity index (χ2n) is 7.22. The topological polar surface area (TPSA) is 52.6 Å². The number of anilines is 2. The van der Waals surface area contributed by atoms with E-state index in [-0.39, 0.29) is 5.92 Å². The van der Waals surface area contributed by atoms with E-state index >= 15 is 0 Å². The van der Waals surface area contributed by atoms with Gasteiger partial charge in [-0.1, -0.05) is 12.8 Å². The molecule has 2 saturated heterocycles. The van der Waals surface area contributed by atoms with E-state index in [1.54, 1.807) is 6.33 Å². The Morgan fingerprint density at radius 1 is 0.833 bits per heavy atom. The maximum absolute atomic E-state index is 12.5. The normalized spacial score (nSPS) is 22.4. The highest BCUT2D eigenvalue weighted by molar-refractivity contribution is 5.79. The summed E-state index contributed by atoms with van der Waals surface area (Å²) in [5.74, 6) is 2.71. The number of carbonyl (C=O) groups excluding carboxylic acids is 1. The Morgan fingerprint density at radius 3 is 2.04 bits per heavy atom. The highest BCUT2D eigenvalue weighted by Gasteiger charge is 2.29. The van der Waals surface area contributed by atoms with Gasteiger partial charge in [-0.05, 0) is 25.7 Å². The monoisotopic (exact) mass is 329 g/mol. The SMILES string of the molecule is O=C(C1CCCC1)N1CCN(c2cc(N3CCCC3)ncn2)CC1. The minimum Gasteiger partial charge on any atom is -0.356 e. The highest BCUT2D eigenvalue weighted by Crippen LogP contribution is 2.27. The lowest BCUT2D eigenvalue weighted by molar-refractivity contribution is -0.135. The first-order valence-electron chi connectivity index (χ1n) is 9.42. The zero-order valence-corrected chi connectivity index (χ0v) is 14.4. The molecule has 24 heavy (non-hydrogen) atoms. The van der Waals surface area contributed by atoms with Gasteiger partial charge in [0.1, 0.15) is 18.0 Å². The van der Waals surface area contributed by atoms with Crippen molar-refractivity contribution < 1.29 is 4.79 Å². The molecule has 1 aliphatic carbocycles. The molecule has 1 amide bonds. The zero-order chi connectivity index (χ0) is 16.4. The third-order valence-electron chi connectivity index (χ3n) is 5.69. The average molecular weight is 329 g/mol. The number of piperazine rings is 1. The molecule has 0 atom stereocenters. The number of amides is 1. The van der Waals surface area contributed by atoms with Crippen LogP contribution in [0.5, 0.6) is 0 Å². The van der Waals surface area contributed by atoms with Crippen molar-refractivity contribution in [1.29, 1.82) is 0 Å². The molecular formula is C18H27N5O. The summed E-state index contributed by atoms with van der Waals surface area (Å²) in [6.45, 7) is 5.57. The minimum atomic E-state index is 0.289. The summed E-state index contributed by atoms with van der Waals surface area (Å²) >= 11 is 0. The van der Waals surface area contributed by atoms with Crippen molar-refractivity contribution in [1.82, 2.24) is 14.9 Å². The molecule has 0 aromatic carbocycles. The van der Waals surface area contributed by atoms with Crippen molar-refractivity contribution >= 4 is 17.5 Å². The first-order valence-corrected chi connectivity index (χ1v) is 9.42. The van der Waals surface area contributed by atoms with Gasteiger partial charge in [-0.25, -0.2) is 9.97 Å². The summed E-state index contributed by atoms with van der Waals surface area (Å²) < 4.78 is 0. The maximum Gasteiger partial charge on any atom is 0.225 e. The fourth-order valence-electron chi connectivity index (χ4n) is 4.22. The Balaban J connectivity index is 1.37. The minimum absolute atomic E-state index is 0.289. The fourth-order valence-corrected chi connectivity index (χ4v) is 4.22. The predicted octanol–water partition coefficient (Wildman–Crippen LogP) is 1.92. The van der Waals surface area contributed by atoms with Gasteiger partial charge in [0, 0.05) is 51.3 Å². The van der Waals surface area contributed by atoms with Crippen LogP contribution in [0.15, 0.2) is 12.4 Å². The third kappa shape index (κ3) is 3.19.